The zero-order valence-electron chi connectivity index (χ0n) is 14.5. The number of amides is 1. The maximum absolute atomic E-state index is 12.8. The molecule has 0 spiro atoms. The van der Waals surface area contributed by atoms with Gasteiger partial charge in [-0.2, -0.15) is 0 Å². The summed E-state index contributed by atoms with van der Waals surface area (Å²) in [5, 5.41) is 0. The molecule has 0 bridgehead atoms. The fraction of sp³-hybridized carbons (Fsp3) is 0.611. The molecule has 1 aliphatic carbocycles. The number of benzene rings is 1. The summed E-state index contributed by atoms with van der Waals surface area (Å²) in [7, 11) is -0.368. The van der Waals surface area contributed by atoms with Gasteiger partial charge in [0.1, 0.15) is 0 Å². The van der Waals surface area contributed by atoms with Crippen molar-refractivity contribution in [1.29, 1.82) is 0 Å². The topological polar surface area (TPSA) is 57.7 Å². The van der Waals surface area contributed by atoms with Gasteiger partial charge in [0, 0.05) is 33.1 Å². The highest BCUT2D eigenvalue weighted by atomic mass is 32.2. The second-order valence-electron chi connectivity index (χ2n) is 7.06. The Morgan fingerprint density at radius 2 is 1.83 bits per heavy atom. The predicted octanol–water partition coefficient (Wildman–Crippen LogP) is 2.40. The molecule has 24 heavy (non-hydrogen) atoms. The van der Waals surface area contributed by atoms with Crippen molar-refractivity contribution in [1.82, 2.24) is 9.21 Å². The summed E-state index contributed by atoms with van der Waals surface area (Å²) in [5.74, 6) is 0.412. The molecule has 1 aliphatic heterocycles. The average molecular weight is 350 g/mol. The van der Waals surface area contributed by atoms with Crippen LogP contribution in [0.15, 0.2) is 23.1 Å². The summed E-state index contributed by atoms with van der Waals surface area (Å²) in [4.78, 5) is 15.0. The summed E-state index contributed by atoms with van der Waals surface area (Å²) >= 11 is 0. The minimum absolute atomic E-state index is 0.161. The van der Waals surface area contributed by atoms with Crippen molar-refractivity contribution < 1.29 is 13.2 Å². The van der Waals surface area contributed by atoms with Gasteiger partial charge in [0.25, 0.3) is 0 Å². The van der Waals surface area contributed by atoms with Crippen LogP contribution in [0.2, 0.25) is 0 Å². The molecular formula is C18H26N2O3S. The molecule has 0 atom stereocenters. The molecule has 0 N–H and O–H groups in total. The lowest BCUT2D eigenvalue weighted by atomic mass is 9.87. The molecule has 2 aliphatic rings. The van der Waals surface area contributed by atoms with E-state index in [1.54, 1.807) is 12.1 Å². The van der Waals surface area contributed by atoms with Crippen molar-refractivity contribution in [2.75, 3.05) is 20.6 Å². The van der Waals surface area contributed by atoms with Crippen LogP contribution in [0.1, 0.15) is 43.2 Å². The molecule has 0 saturated heterocycles. The van der Waals surface area contributed by atoms with E-state index in [2.05, 4.69) is 0 Å². The minimum Gasteiger partial charge on any atom is -0.338 e. The predicted molar refractivity (Wildman–Crippen MR) is 93.0 cm³/mol. The molecule has 1 saturated carbocycles. The van der Waals surface area contributed by atoms with Gasteiger partial charge in [-0.3, -0.25) is 4.79 Å². The van der Waals surface area contributed by atoms with Crippen LogP contribution >= 0.6 is 0 Å². The standard InChI is InChI=1S/C18H26N2O3S/c1-19(2)24(22,23)17-9-8-14-10-11-20(13-16(14)12-17)18(21)15-6-4-3-5-7-15/h8-9,12,15H,3-7,10-11,13H2,1-2H3. The molecule has 1 fully saturated rings. The Morgan fingerprint density at radius 3 is 2.50 bits per heavy atom. The second kappa shape index (κ2) is 6.84. The van der Waals surface area contributed by atoms with Gasteiger partial charge in [-0.1, -0.05) is 25.3 Å². The molecule has 6 heteroatoms. The summed E-state index contributed by atoms with van der Waals surface area (Å²) in [5.41, 5.74) is 2.12. The molecule has 1 aromatic carbocycles. The van der Waals surface area contributed by atoms with E-state index in [-0.39, 0.29) is 11.8 Å². The van der Waals surface area contributed by atoms with Crippen LogP contribution in [0.25, 0.3) is 0 Å². The van der Waals surface area contributed by atoms with Crippen LogP contribution in [0.4, 0.5) is 0 Å². The van der Waals surface area contributed by atoms with Gasteiger partial charge in [0.15, 0.2) is 0 Å². The smallest absolute Gasteiger partial charge is 0.242 e. The van der Waals surface area contributed by atoms with E-state index < -0.39 is 10.0 Å². The summed E-state index contributed by atoms with van der Waals surface area (Å²) in [6.07, 6.45) is 6.32. The van der Waals surface area contributed by atoms with E-state index >= 15 is 0 Å². The number of rotatable bonds is 3. The zero-order valence-corrected chi connectivity index (χ0v) is 15.3. The van der Waals surface area contributed by atoms with Crippen LogP contribution in [-0.2, 0) is 27.8 Å². The lowest BCUT2D eigenvalue weighted by Crippen LogP contribution is -2.40. The summed E-state index contributed by atoms with van der Waals surface area (Å²) in [6, 6.07) is 5.31. The van der Waals surface area contributed by atoms with Crippen molar-refractivity contribution in [2.24, 2.45) is 5.92 Å². The first-order chi connectivity index (χ1) is 11.4. The Balaban J connectivity index is 1.80. The van der Waals surface area contributed by atoms with Crippen LogP contribution in [0.3, 0.4) is 0 Å². The van der Waals surface area contributed by atoms with E-state index in [0.29, 0.717) is 11.4 Å². The molecule has 0 unspecified atom stereocenters. The number of sulfonamides is 1. The summed E-state index contributed by atoms with van der Waals surface area (Å²) < 4.78 is 25.9. The third kappa shape index (κ3) is 3.35. The third-order valence-corrected chi connectivity index (χ3v) is 7.05. The molecule has 0 aromatic heterocycles. The molecule has 3 rings (SSSR count). The maximum atomic E-state index is 12.8. The van der Waals surface area contributed by atoms with Crippen LogP contribution in [0, 0.1) is 5.92 Å². The van der Waals surface area contributed by atoms with Gasteiger partial charge in [-0.05, 0) is 42.5 Å². The van der Waals surface area contributed by atoms with Crippen LogP contribution in [-0.4, -0.2) is 44.2 Å². The van der Waals surface area contributed by atoms with E-state index in [0.717, 1.165) is 49.8 Å². The Labute approximate surface area is 144 Å². The molecule has 1 aromatic rings. The van der Waals surface area contributed by atoms with Gasteiger partial charge in [-0.25, -0.2) is 12.7 Å². The molecule has 132 valence electrons. The highest BCUT2D eigenvalue weighted by Crippen LogP contribution is 2.29. The molecule has 0 radical (unpaired) electrons. The summed E-state index contributed by atoms with van der Waals surface area (Å²) in [6.45, 7) is 1.27. The second-order valence-corrected chi connectivity index (χ2v) is 9.21. The van der Waals surface area contributed by atoms with Crippen molar-refractivity contribution >= 4 is 15.9 Å². The van der Waals surface area contributed by atoms with E-state index in [4.69, 9.17) is 0 Å². The first kappa shape index (κ1) is 17.4. The lowest BCUT2D eigenvalue weighted by molar-refractivity contribution is -0.137. The quantitative estimate of drug-likeness (QED) is 0.841. The lowest BCUT2D eigenvalue weighted by Gasteiger charge is -2.33. The fourth-order valence-corrected chi connectivity index (χ4v) is 4.65. The molecule has 1 heterocycles. The first-order valence-corrected chi connectivity index (χ1v) is 10.2. The van der Waals surface area contributed by atoms with Crippen molar-refractivity contribution in [3.8, 4) is 0 Å². The SMILES string of the molecule is CN(C)S(=O)(=O)c1ccc2c(c1)CN(C(=O)C1CCCCC1)CC2. The van der Waals surface area contributed by atoms with Crippen LogP contribution < -0.4 is 0 Å². The maximum Gasteiger partial charge on any atom is 0.242 e. The van der Waals surface area contributed by atoms with Crippen molar-refractivity contribution in [3.63, 3.8) is 0 Å². The third-order valence-electron chi connectivity index (χ3n) is 5.23. The van der Waals surface area contributed by atoms with Gasteiger partial charge < -0.3 is 4.90 Å². The highest BCUT2D eigenvalue weighted by Gasteiger charge is 2.29. The number of nitrogens with zero attached hydrogens (tertiary/aromatic N) is 2. The monoisotopic (exact) mass is 350 g/mol. The van der Waals surface area contributed by atoms with Crippen molar-refractivity contribution in [2.45, 2.75) is 50.0 Å². The molecule has 1 amide bonds. The Bertz CT molecular complexity index is 722. The highest BCUT2D eigenvalue weighted by molar-refractivity contribution is 7.89. The zero-order chi connectivity index (χ0) is 17.3. The molecular weight excluding hydrogens is 324 g/mol. The number of carbonyl (C=O) groups is 1. The molecule has 5 nitrogen and oxygen atoms in total. The first-order valence-electron chi connectivity index (χ1n) is 8.72. The van der Waals surface area contributed by atoms with E-state index in [1.807, 2.05) is 11.0 Å². The number of carbonyl (C=O) groups excluding carboxylic acids is 1. The minimum atomic E-state index is -3.44. The van der Waals surface area contributed by atoms with Gasteiger partial charge in [0.2, 0.25) is 15.9 Å². The van der Waals surface area contributed by atoms with Gasteiger partial charge >= 0.3 is 0 Å². The normalized spacial score (nSPS) is 19.4. The Morgan fingerprint density at radius 1 is 1.12 bits per heavy atom. The van der Waals surface area contributed by atoms with E-state index in [1.165, 1.54) is 24.8 Å². The Hall–Kier alpha value is -1.40. The van der Waals surface area contributed by atoms with Gasteiger partial charge in [0.05, 0.1) is 4.90 Å². The largest absolute Gasteiger partial charge is 0.338 e. The fourth-order valence-electron chi connectivity index (χ4n) is 3.70. The van der Waals surface area contributed by atoms with Crippen LogP contribution in [0.5, 0.6) is 0 Å². The average Bonchev–Trinajstić information content (AvgIpc) is 2.60. The van der Waals surface area contributed by atoms with Gasteiger partial charge in [-0.15, -0.1) is 0 Å². The Kier molecular flexibility index (Phi) is 4.97. The van der Waals surface area contributed by atoms with E-state index in [9.17, 15) is 13.2 Å². The number of hydrogen-bond acceptors (Lipinski definition) is 3. The number of fused-ring (bicyclic) bond motifs is 1. The number of hydrogen-bond donors (Lipinski definition) is 0. The van der Waals surface area contributed by atoms with Crippen molar-refractivity contribution in [3.05, 3.63) is 29.3 Å².